The SMILES string of the molecule is O=C(c1ccc2cccnc2c1O)N1CCCC(O)(CO)CC1. The minimum absolute atomic E-state index is 0.116. The summed E-state index contributed by atoms with van der Waals surface area (Å²) in [6.07, 6.45) is 2.96. The van der Waals surface area contributed by atoms with Gasteiger partial charge in [0.25, 0.3) is 5.91 Å². The van der Waals surface area contributed by atoms with Gasteiger partial charge in [-0.15, -0.1) is 0 Å². The zero-order valence-electron chi connectivity index (χ0n) is 12.8. The van der Waals surface area contributed by atoms with Crippen LogP contribution < -0.4 is 0 Å². The maximum absolute atomic E-state index is 12.7. The maximum atomic E-state index is 12.7. The van der Waals surface area contributed by atoms with Crippen LogP contribution in [0.5, 0.6) is 5.75 Å². The number of aliphatic hydroxyl groups is 2. The van der Waals surface area contributed by atoms with Crippen molar-refractivity contribution in [2.45, 2.75) is 24.9 Å². The summed E-state index contributed by atoms with van der Waals surface area (Å²) >= 11 is 0. The van der Waals surface area contributed by atoms with Gasteiger partial charge in [0.15, 0.2) is 5.75 Å². The lowest BCUT2D eigenvalue weighted by atomic mass is 9.96. The number of aromatic nitrogens is 1. The van der Waals surface area contributed by atoms with E-state index in [2.05, 4.69) is 4.98 Å². The molecule has 1 atom stereocenters. The number of fused-ring (bicyclic) bond motifs is 1. The third-order valence-electron chi connectivity index (χ3n) is 4.48. The van der Waals surface area contributed by atoms with Crippen molar-refractivity contribution in [2.24, 2.45) is 0 Å². The number of likely N-dealkylation sites (tertiary alicyclic amines) is 1. The van der Waals surface area contributed by atoms with Crippen LogP contribution in [0.25, 0.3) is 10.9 Å². The summed E-state index contributed by atoms with van der Waals surface area (Å²) in [4.78, 5) is 18.4. The zero-order valence-corrected chi connectivity index (χ0v) is 12.8. The number of nitrogens with zero attached hydrogens (tertiary/aromatic N) is 2. The molecule has 0 aliphatic carbocycles. The monoisotopic (exact) mass is 316 g/mol. The summed E-state index contributed by atoms with van der Waals surface area (Å²) in [5, 5.41) is 30.6. The van der Waals surface area contributed by atoms with Crippen LogP contribution in [0.2, 0.25) is 0 Å². The first kappa shape index (κ1) is 15.7. The predicted octanol–water partition coefficient (Wildman–Crippen LogP) is 1.29. The largest absolute Gasteiger partial charge is 0.505 e. The van der Waals surface area contributed by atoms with Crippen molar-refractivity contribution in [3.8, 4) is 5.75 Å². The van der Waals surface area contributed by atoms with E-state index in [0.717, 1.165) is 5.39 Å². The van der Waals surface area contributed by atoms with Crippen molar-refractivity contribution in [1.29, 1.82) is 0 Å². The molecule has 2 aromatic rings. The first-order valence-electron chi connectivity index (χ1n) is 7.73. The molecule has 1 fully saturated rings. The zero-order chi connectivity index (χ0) is 16.4. The first-order valence-corrected chi connectivity index (χ1v) is 7.73. The van der Waals surface area contributed by atoms with E-state index in [0.29, 0.717) is 37.9 Å². The molecule has 23 heavy (non-hydrogen) atoms. The standard InChI is InChI=1S/C17H20N2O4/c20-11-17(23)6-2-9-19(10-7-17)16(22)13-5-4-12-3-1-8-18-14(12)15(13)21/h1,3-5,8,20-21,23H,2,6-7,9-11H2. The number of phenols is 1. The molecule has 1 aromatic heterocycles. The van der Waals surface area contributed by atoms with Crippen molar-refractivity contribution in [2.75, 3.05) is 19.7 Å². The number of hydrogen-bond donors (Lipinski definition) is 3. The molecule has 122 valence electrons. The Bertz CT molecular complexity index is 734. The first-order chi connectivity index (χ1) is 11.0. The van der Waals surface area contributed by atoms with Gasteiger partial charge < -0.3 is 20.2 Å². The van der Waals surface area contributed by atoms with Crippen LogP contribution in [-0.2, 0) is 0 Å². The molecule has 1 amide bonds. The number of amides is 1. The van der Waals surface area contributed by atoms with Gasteiger partial charge in [-0.1, -0.05) is 12.1 Å². The Balaban J connectivity index is 1.87. The molecule has 1 aliphatic heterocycles. The number of aliphatic hydroxyl groups excluding tert-OH is 1. The average molecular weight is 316 g/mol. The molecule has 6 nitrogen and oxygen atoms in total. The fraction of sp³-hybridized carbons (Fsp3) is 0.412. The van der Waals surface area contributed by atoms with Gasteiger partial charge in [-0.25, -0.2) is 0 Å². The Morgan fingerprint density at radius 1 is 1.26 bits per heavy atom. The smallest absolute Gasteiger partial charge is 0.257 e. The average Bonchev–Trinajstić information content (AvgIpc) is 2.77. The van der Waals surface area contributed by atoms with E-state index in [1.807, 2.05) is 6.07 Å². The van der Waals surface area contributed by atoms with Gasteiger partial charge in [-0.2, -0.15) is 0 Å². The second-order valence-corrected chi connectivity index (χ2v) is 6.07. The molecule has 1 aliphatic rings. The van der Waals surface area contributed by atoms with E-state index < -0.39 is 5.60 Å². The molecule has 0 bridgehead atoms. The van der Waals surface area contributed by atoms with Crippen LogP contribution in [0.1, 0.15) is 29.6 Å². The molecule has 6 heteroatoms. The lowest BCUT2D eigenvalue weighted by Gasteiger charge is -2.24. The van der Waals surface area contributed by atoms with Gasteiger partial charge in [0.2, 0.25) is 0 Å². The van der Waals surface area contributed by atoms with E-state index in [4.69, 9.17) is 0 Å². The summed E-state index contributed by atoms with van der Waals surface area (Å²) in [5.41, 5.74) is -0.507. The lowest BCUT2D eigenvalue weighted by Crippen LogP contribution is -2.36. The van der Waals surface area contributed by atoms with Gasteiger partial charge in [0.05, 0.1) is 17.8 Å². The topological polar surface area (TPSA) is 93.9 Å². The highest BCUT2D eigenvalue weighted by atomic mass is 16.3. The number of carbonyl (C=O) groups is 1. The number of phenolic OH excluding ortho intramolecular Hbond substituents is 1. The molecule has 0 spiro atoms. The highest BCUT2D eigenvalue weighted by Crippen LogP contribution is 2.29. The van der Waals surface area contributed by atoms with E-state index in [1.54, 1.807) is 29.3 Å². The Kier molecular flexibility index (Phi) is 4.19. The number of rotatable bonds is 2. The van der Waals surface area contributed by atoms with E-state index in [9.17, 15) is 20.1 Å². The highest BCUT2D eigenvalue weighted by molar-refractivity contribution is 6.02. The van der Waals surface area contributed by atoms with Crippen molar-refractivity contribution in [1.82, 2.24) is 9.88 Å². The number of hydrogen-bond acceptors (Lipinski definition) is 5. The molecule has 3 N–H and O–H groups in total. The minimum atomic E-state index is -1.12. The Labute approximate surface area is 134 Å². The van der Waals surface area contributed by atoms with Gasteiger partial charge in [0, 0.05) is 24.7 Å². The Morgan fingerprint density at radius 2 is 2.09 bits per heavy atom. The summed E-state index contributed by atoms with van der Waals surface area (Å²) < 4.78 is 0. The fourth-order valence-electron chi connectivity index (χ4n) is 3.01. The molecule has 1 aromatic carbocycles. The van der Waals surface area contributed by atoms with Gasteiger partial charge >= 0.3 is 0 Å². The second-order valence-electron chi connectivity index (χ2n) is 6.07. The maximum Gasteiger partial charge on any atom is 0.257 e. The van der Waals surface area contributed by atoms with Gasteiger partial charge in [0.1, 0.15) is 5.52 Å². The molecule has 0 radical (unpaired) electrons. The number of benzene rings is 1. The Morgan fingerprint density at radius 3 is 2.87 bits per heavy atom. The molecule has 2 heterocycles. The number of pyridine rings is 1. The van der Waals surface area contributed by atoms with Crippen LogP contribution in [0, 0.1) is 0 Å². The second kappa shape index (κ2) is 6.14. The summed E-state index contributed by atoms with van der Waals surface area (Å²) in [5.74, 6) is -0.396. The summed E-state index contributed by atoms with van der Waals surface area (Å²) in [6.45, 7) is 0.524. The summed E-state index contributed by atoms with van der Waals surface area (Å²) in [6, 6.07) is 6.96. The molecule has 0 saturated carbocycles. The van der Waals surface area contributed by atoms with Crippen molar-refractivity contribution >= 4 is 16.8 Å². The van der Waals surface area contributed by atoms with Crippen LogP contribution in [-0.4, -0.2) is 56.4 Å². The van der Waals surface area contributed by atoms with Crippen LogP contribution in [0.4, 0.5) is 0 Å². The molecule has 3 rings (SSSR count). The molecule has 1 unspecified atom stereocenters. The van der Waals surface area contributed by atoms with Gasteiger partial charge in [-0.3, -0.25) is 9.78 Å². The third-order valence-corrected chi connectivity index (χ3v) is 4.48. The van der Waals surface area contributed by atoms with E-state index >= 15 is 0 Å². The van der Waals surface area contributed by atoms with Crippen LogP contribution in [0.15, 0.2) is 30.5 Å². The van der Waals surface area contributed by atoms with Crippen LogP contribution in [0.3, 0.4) is 0 Å². The summed E-state index contributed by atoms with van der Waals surface area (Å²) in [7, 11) is 0. The fourth-order valence-corrected chi connectivity index (χ4v) is 3.01. The highest BCUT2D eigenvalue weighted by Gasteiger charge is 2.31. The molecular weight excluding hydrogens is 296 g/mol. The van der Waals surface area contributed by atoms with Crippen molar-refractivity contribution < 1.29 is 20.1 Å². The normalized spacial score (nSPS) is 22.1. The predicted molar refractivity (Wildman–Crippen MR) is 85.2 cm³/mol. The van der Waals surface area contributed by atoms with E-state index in [1.165, 1.54) is 0 Å². The van der Waals surface area contributed by atoms with Crippen LogP contribution >= 0.6 is 0 Å². The molecule has 1 saturated heterocycles. The Hall–Kier alpha value is -2.18. The molecular formula is C17H20N2O4. The number of aromatic hydroxyl groups is 1. The number of carbonyl (C=O) groups excluding carboxylic acids is 1. The van der Waals surface area contributed by atoms with Crippen molar-refractivity contribution in [3.63, 3.8) is 0 Å². The van der Waals surface area contributed by atoms with Gasteiger partial charge in [-0.05, 0) is 31.4 Å². The lowest BCUT2D eigenvalue weighted by molar-refractivity contribution is -0.0250. The quantitative estimate of drug-likeness (QED) is 0.776. The minimum Gasteiger partial charge on any atom is -0.505 e. The van der Waals surface area contributed by atoms with Crippen molar-refractivity contribution in [3.05, 3.63) is 36.0 Å². The van der Waals surface area contributed by atoms with E-state index in [-0.39, 0.29) is 23.8 Å². The third kappa shape index (κ3) is 3.00.